The van der Waals surface area contributed by atoms with Gasteiger partial charge in [-0.1, -0.05) is 59.1 Å². The highest BCUT2D eigenvalue weighted by atomic mass is 32.2. The largest absolute Gasteiger partial charge is 0.496 e. The SMILES string of the molecule is CCSc1nnc(SCc2nc(-c3ccccc3OC)no2)s1. The third-order valence-electron chi connectivity index (χ3n) is 2.79. The van der Waals surface area contributed by atoms with Crippen LogP contribution in [0.25, 0.3) is 11.4 Å². The van der Waals surface area contributed by atoms with Crippen LogP contribution in [0.5, 0.6) is 5.75 Å². The van der Waals surface area contributed by atoms with Crippen LogP contribution >= 0.6 is 34.9 Å². The first-order chi connectivity index (χ1) is 11.3. The van der Waals surface area contributed by atoms with E-state index in [2.05, 4.69) is 27.3 Å². The summed E-state index contributed by atoms with van der Waals surface area (Å²) in [6, 6.07) is 7.59. The molecule has 0 spiro atoms. The summed E-state index contributed by atoms with van der Waals surface area (Å²) in [6.45, 7) is 2.09. The Bertz CT molecular complexity index is 775. The van der Waals surface area contributed by atoms with Crippen LogP contribution in [0.4, 0.5) is 0 Å². The first-order valence-corrected chi connectivity index (χ1v) is 9.64. The third-order valence-corrected chi connectivity index (χ3v) is 5.85. The Morgan fingerprint density at radius 2 is 1.96 bits per heavy atom. The Hall–Kier alpha value is -1.58. The van der Waals surface area contributed by atoms with Gasteiger partial charge in [0.05, 0.1) is 18.4 Å². The first kappa shape index (κ1) is 16.3. The Balaban J connectivity index is 1.67. The predicted octanol–water partition coefficient (Wildman–Crippen LogP) is 4.00. The van der Waals surface area contributed by atoms with Crippen LogP contribution in [0.1, 0.15) is 12.8 Å². The van der Waals surface area contributed by atoms with Gasteiger partial charge < -0.3 is 9.26 Å². The van der Waals surface area contributed by atoms with E-state index in [1.165, 1.54) is 0 Å². The zero-order valence-corrected chi connectivity index (χ0v) is 15.0. The van der Waals surface area contributed by atoms with Crippen LogP contribution in [0.15, 0.2) is 37.5 Å². The van der Waals surface area contributed by atoms with Crippen LogP contribution in [-0.4, -0.2) is 33.2 Å². The monoisotopic (exact) mass is 366 g/mol. The number of thioether (sulfide) groups is 2. The lowest BCUT2D eigenvalue weighted by atomic mass is 10.2. The van der Waals surface area contributed by atoms with Gasteiger partial charge in [-0.05, 0) is 17.9 Å². The summed E-state index contributed by atoms with van der Waals surface area (Å²) < 4.78 is 12.5. The molecule has 2 aromatic heterocycles. The fraction of sp³-hybridized carbons (Fsp3) is 0.286. The molecule has 0 bridgehead atoms. The third kappa shape index (κ3) is 4.04. The molecule has 2 heterocycles. The van der Waals surface area contributed by atoms with E-state index in [9.17, 15) is 0 Å². The van der Waals surface area contributed by atoms with Gasteiger partial charge in [0.2, 0.25) is 11.7 Å². The van der Waals surface area contributed by atoms with E-state index in [1.807, 2.05) is 24.3 Å². The molecule has 0 atom stereocenters. The maximum absolute atomic E-state index is 5.32. The van der Waals surface area contributed by atoms with Gasteiger partial charge >= 0.3 is 0 Å². The van der Waals surface area contributed by atoms with E-state index in [4.69, 9.17) is 9.26 Å². The van der Waals surface area contributed by atoms with Crippen molar-refractivity contribution in [1.29, 1.82) is 0 Å². The number of ether oxygens (including phenoxy) is 1. The number of para-hydroxylation sites is 1. The number of rotatable bonds is 7. The highest BCUT2D eigenvalue weighted by Crippen LogP contribution is 2.31. The summed E-state index contributed by atoms with van der Waals surface area (Å²) in [5.41, 5.74) is 0.813. The minimum atomic E-state index is 0.526. The van der Waals surface area contributed by atoms with Crippen molar-refractivity contribution in [3.8, 4) is 17.1 Å². The molecular weight excluding hydrogens is 352 g/mol. The molecule has 120 valence electrons. The fourth-order valence-corrected chi connectivity index (χ4v) is 4.57. The van der Waals surface area contributed by atoms with Gasteiger partial charge in [-0.2, -0.15) is 4.98 Å². The molecule has 0 aliphatic heterocycles. The summed E-state index contributed by atoms with van der Waals surface area (Å²) >= 11 is 4.81. The summed E-state index contributed by atoms with van der Waals surface area (Å²) in [5.74, 6) is 3.35. The van der Waals surface area contributed by atoms with Crippen LogP contribution in [0, 0.1) is 0 Å². The zero-order chi connectivity index (χ0) is 16.1. The minimum Gasteiger partial charge on any atom is -0.496 e. The highest BCUT2D eigenvalue weighted by Gasteiger charge is 2.14. The number of aromatic nitrogens is 4. The number of methoxy groups -OCH3 is 1. The normalized spacial score (nSPS) is 10.9. The zero-order valence-electron chi connectivity index (χ0n) is 12.6. The molecule has 0 amide bonds. The standard InChI is InChI=1S/C14H14N4O2S3/c1-3-21-13-16-17-14(23-13)22-8-11-15-12(18-20-11)9-6-4-5-7-10(9)19-2/h4-7H,3,8H2,1-2H3. The van der Waals surface area contributed by atoms with Gasteiger partial charge in [0, 0.05) is 0 Å². The van der Waals surface area contributed by atoms with Crippen molar-refractivity contribution in [2.45, 2.75) is 21.4 Å². The van der Waals surface area contributed by atoms with Gasteiger partial charge in [-0.25, -0.2) is 0 Å². The molecule has 0 radical (unpaired) electrons. The van der Waals surface area contributed by atoms with Crippen molar-refractivity contribution < 1.29 is 9.26 Å². The van der Waals surface area contributed by atoms with Gasteiger partial charge in [-0.15, -0.1) is 10.2 Å². The van der Waals surface area contributed by atoms with Crippen molar-refractivity contribution >= 4 is 34.9 Å². The van der Waals surface area contributed by atoms with E-state index in [0.717, 1.165) is 25.7 Å². The molecule has 3 rings (SSSR count). The van der Waals surface area contributed by atoms with E-state index < -0.39 is 0 Å². The maximum atomic E-state index is 5.32. The van der Waals surface area contributed by atoms with Crippen molar-refractivity contribution in [1.82, 2.24) is 20.3 Å². The smallest absolute Gasteiger partial charge is 0.237 e. The number of nitrogens with zero attached hydrogens (tertiary/aromatic N) is 4. The van der Waals surface area contributed by atoms with Gasteiger partial charge in [0.25, 0.3) is 0 Å². The predicted molar refractivity (Wildman–Crippen MR) is 92.2 cm³/mol. The molecule has 0 unspecified atom stereocenters. The van der Waals surface area contributed by atoms with E-state index in [-0.39, 0.29) is 0 Å². The van der Waals surface area contributed by atoms with E-state index >= 15 is 0 Å². The van der Waals surface area contributed by atoms with Crippen molar-refractivity contribution in [2.75, 3.05) is 12.9 Å². The topological polar surface area (TPSA) is 73.9 Å². The number of benzene rings is 1. The Morgan fingerprint density at radius 3 is 2.74 bits per heavy atom. The van der Waals surface area contributed by atoms with E-state index in [0.29, 0.717) is 17.5 Å². The Morgan fingerprint density at radius 1 is 1.17 bits per heavy atom. The van der Waals surface area contributed by atoms with Gasteiger partial charge in [0.1, 0.15) is 5.75 Å². The first-order valence-electron chi connectivity index (χ1n) is 6.85. The Kier molecular flexibility index (Phi) is 5.52. The average molecular weight is 366 g/mol. The highest BCUT2D eigenvalue weighted by molar-refractivity contribution is 8.02. The van der Waals surface area contributed by atoms with Crippen LogP contribution in [-0.2, 0) is 5.75 Å². The van der Waals surface area contributed by atoms with Crippen molar-refractivity contribution in [2.24, 2.45) is 0 Å². The molecular formula is C14H14N4O2S3. The Labute approximate surface area is 146 Å². The second-order valence-corrected chi connectivity index (χ2v) is 7.98. The molecule has 3 aromatic rings. The molecule has 9 heteroatoms. The molecule has 0 saturated heterocycles. The maximum Gasteiger partial charge on any atom is 0.237 e. The molecule has 23 heavy (non-hydrogen) atoms. The molecule has 0 aliphatic carbocycles. The minimum absolute atomic E-state index is 0.526. The summed E-state index contributed by atoms with van der Waals surface area (Å²) in [6.07, 6.45) is 0. The molecule has 0 aliphatic rings. The molecule has 0 saturated carbocycles. The quantitative estimate of drug-likeness (QED) is 0.581. The van der Waals surface area contributed by atoms with Gasteiger partial charge in [-0.3, -0.25) is 0 Å². The second kappa shape index (κ2) is 7.80. The summed E-state index contributed by atoms with van der Waals surface area (Å²) in [7, 11) is 1.62. The molecule has 0 N–H and O–H groups in total. The lowest BCUT2D eigenvalue weighted by Crippen LogP contribution is -1.89. The molecule has 1 aromatic carbocycles. The lowest BCUT2D eigenvalue weighted by molar-refractivity contribution is 0.390. The van der Waals surface area contributed by atoms with Gasteiger partial charge in [0.15, 0.2) is 8.68 Å². The lowest BCUT2D eigenvalue weighted by Gasteiger charge is -2.02. The van der Waals surface area contributed by atoms with E-state index in [1.54, 1.807) is 42.0 Å². The summed E-state index contributed by atoms with van der Waals surface area (Å²) in [5, 5.41) is 12.3. The fourth-order valence-electron chi connectivity index (χ4n) is 1.81. The van der Waals surface area contributed by atoms with Crippen molar-refractivity contribution in [3.05, 3.63) is 30.2 Å². The average Bonchev–Trinajstić information content (AvgIpc) is 3.22. The van der Waals surface area contributed by atoms with Crippen LogP contribution in [0.3, 0.4) is 0 Å². The number of hydrogen-bond acceptors (Lipinski definition) is 9. The van der Waals surface area contributed by atoms with Crippen molar-refractivity contribution in [3.63, 3.8) is 0 Å². The summed E-state index contributed by atoms with van der Waals surface area (Å²) in [4.78, 5) is 4.42. The van der Waals surface area contributed by atoms with Crippen LogP contribution in [0.2, 0.25) is 0 Å². The number of hydrogen-bond donors (Lipinski definition) is 0. The molecule has 0 fully saturated rings. The molecule has 6 nitrogen and oxygen atoms in total. The van der Waals surface area contributed by atoms with Crippen LogP contribution < -0.4 is 4.74 Å². The second-order valence-electron chi connectivity index (χ2n) is 4.27.